The number of hydrogen-bond donors (Lipinski definition) is 1. The molecule has 3 heteroatoms. The monoisotopic (exact) mass is 274 g/mol. The van der Waals surface area contributed by atoms with E-state index < -0.39 is 12.2 Å². The van der Waals surface area contributed by atoms with Crippen molar-refractivity contribution in [1.82, 2.24) is 0 Å². The molecule has 0 aliphatic rings. The highest BCUT2D eigenvalue weighted by atomic mass is 19.1. The Balaban J connectivity index is 2.11. The molecule has 0 aromatic heterocycles. The van der Waals surface area contributed by atoms with Crippen molar-refractivity contribution in [3.05, 3.63) is 65.0 Å². The molecule has 0 bridgehead atoms. The van der Waals surface area contributed by atoms with Gasteiger partial charge in [0.1, 0.15) is 23.8 Å². The van der Waals surface area contributed by atoms with Crippen molar-refractivity contribution in [3.63, 3.8) is 0 Å². The van der Waals surface area contributed by atoms with Crippen LogP contribution in [0, 0.1) is 19.7 Å². The van der Waals surface area contributed by atoms with Crippen molar-refractivity contribution in [1.29, 1.82) is 0 Å². The molecule has 0 amide bonds. The summed E-state index contributed by atoms with van der Waals surface area (Å²) in [6.45, 7) is 5.58. The Morgan fingerprint density at radius 3 is 2.30 bits per heavy atom. The highest BCUT2D eigenvalue weighted by Gasteiger charge is 2.18. The van der Waals surface area contributed by atoms with Gasteiger partial charge in [0.05, 0.1) is 0 Å². The SMILES string of the molecule is Cc1ccc(C(O)C(C)Oc2ccc(F)cc2C)cc1. The van der Waals surface area contributed by atoms with Crippen LogP contribution in [0.2, 0.25) is 0 Å². The van der Waals surface area contributed by atoms with Crippen molar-refractivity contribution in [2.75, 3.05) is 0 Å². The van der Waals surface area contributed by atoms with Crippen LogP contribution in [0.1, 0.15) is 29.7 Å². The molecule has 2 atom stereocenters. The molecule has 0 heterocycles. The fourth-order valence-electron chi connectivity index (χ4n) is 2.04. The standard InChI is InChI=1S/C17H19FO2/c1-11-4-6-14(7-5-11)17(19)13(3)20-16-9-8-15(18)10-12(16)2/h4-10,13,17,19H,1-3H3. The molecule has 0 spiro atoms. The number of halogens is 1. The third kappa shape index (κ3) is 3.36. The zero-order chi connectivity index (χ0) is 14.7. The summed E-state index contributed by atoms with van der Waals surface area (Å²) < 4.78 is 18.8. The average molecular weight is 274 g/mol. The molecule has 0 aliphatic heterocycles. The summed E-state index contributed by atoms with van der Waals surface area (Å²) in [6.07, 6.45) is -1.14. The van der Waals surface area contributed by atoms with E-state index >= 15 is 0 Å². The minimum absolute atomic E-state index is 0.290. The van der Waals surface area contributed by atoms with E-state index in [4.69, 9.17) is 4.74 Å². The van der Waals surface area contributed by atoms with Crippen LogP contribution < -0.4 is 4.74 Å². The summed E-state index contributed by atoms with van der Waals surface area (Å²) in [5.41, 5.74) is 2.67. The number of benzene rings is 2. The maximum atomic E-state index is 13.0. The minimum Gasteiger partial charge on any atom is -0.487 e. The van der Waals surface area contributed by atoms with Gasteiger partial charge in [-0.15, -0.1) is 0 Å². The lowest BCUT2D eigenvalue weighted by Crippen LogP contribution is -2.22. The molecule has 1 N–H and O–H groups in total. The van der Waals surface area contributed by atoms with Gasteiger partial charge in [0.25, 0.3) is 0 Å². The van der Waals surface area contributed by atoms with Gasteiger partial charge in [-0.1, -0.05) is 29.8 Å². The smallest absolute Gasteiger partial charge is 0.126 e. The van der Waals surface area contributed by atoms with Gasteiger partial charge in [0, 0.05) is 0 Å². The summed E-state index contributed by atoms with van der Waals surface area (Å²) in [7, 11) is 0. The van der Waals surface area contributed by atoms with Crippen LogP contribution in [0.15, 0.2) is 42.5 Å². The van der Waals surface area contributed by atoms with Gasteiger partial charge in [0.2, 0.25) is 0 Å². The molecule has 2 aromatic rings. The average Bonchev–Trinajstić information content (AvgIpc) is 2.42. The topological polar surface area (TPSA) is 29.5 Å². The number of aryl methyl sites for hydroxylation is 2. The number of aliphatic hydroxyl groups is 1. The molecule has 0 saturated heterocycles. The van der Waals surface area contributed by atoms with Crippen LogP contribution in [0.3, 0.4) is 0 Å². The van der Waals surface area contributed by atoms with Crippen molar-refractivity contribution in [3.8, 4) is 5.75 Å². The second-order valence-corrected chi connectivity index (χ2v) is 5.09. The molecular formula is C17H19FO2. The number of hydrogen-bond acceptors (Lipinski definition) is 2. The van der Waals surface area contributed by atoms with Crippen LogP contribution in [0.25, 0.3) is 0 Å². The molecule has 0 aliphatic carbocycles. The van der Waals surface area contributed by atoms with E-state index in [0.717, 1.165) is 11.1 Å². The van der Waals surface area contributed by atoms with Gasteiger partial charge in [0.15, 0.2) is 0 Å². The maximum absolute atomic E-state index is 13.0. The van der Waals surface area contributed by atoms with E-state index in [2.05, 4.69) is 0 Å². The zero-order valence-electron chi connectivity index (χ0n) is 11.9. The lowest BCUT2D eigenvalue weighted by atomic mass is 10.0. The Hall–Kier alpha value is -1.87. The minimum atomic E-state index is -0.722. The van der Waals surface area contributed by atoms with Crippen molar-refractivity contribution in [2.45, 2.75) is 33.0 Å². The first kappa shape index (κ1) is 14.5. The quantitative estimate of drug-likeness (QED) is 0.915. The fraction of sp³-hybridized carbons (Fsp3) is 0.294. The number of aliphatic hydroxyl groups excluding tert-OH is 1. The summed E-state index contributed by atoms with van der Waals surface area (Å²) >= 11 is 0. The Morgan fingerprint density at radius 1 is 1.05 bits per heavy atom. The fourth-order valence-corrected chi connectivity index (χ4v) is 2.04. The molecule has 0 radical (unpaired) electrons. The maximum Gasteiger partial charge on any atom is 0.126 e. The Morgan fingerprint density at radius 2 is 1.70 bits per heavy atom. The normalized spacial score (nSPS) is 13.8. The second-order valence-electron chi connectivity index (χ2n) is 5.09. The van der Waals surface area contributed by atoms with Crippen LogP contribution in [-0.2, 0) is 0 Å². The van der Waals surface area contributed by atoms with Gasteiger partial charge < -0.3 is 9.84 Å². The molecule has 0 saturated carbocycles. The van der Waals surface area contributed by atoms with Gasteiger partial charge >= 0.3 is 0 Å². The van der Waals surface area contributed by atoms with Crippen LogP contribution in [0.5, 0.6) is 5.75 Å². The Bertz CT molecular complexity index is 578. The zero-order valence-corrected chi connectivity index (χ0v) is 11.9. The molecular weight excluding hydrogens is 255 g/mol. The van der Waals surface area contributed by atoms with E-state index in [-0.39, 0.29) is 5.82 Å². The van der Waals surface area contributed by atoms with Crippen LogP contribution in [0.4, 0.5) is 4.39 Å². The largest absolute Gasteiger partial charge is 0.487 e. The van der Waals surface area contributed by atoms with E-state index in [1.807, 2.05) is 31.2 Å². The summed E-state index contributed by atoms with van der Waals surface area (Å²) in [5.74, 6) is 0.298. The lowest BCUT2D eigenvalue weighted by Gasteiger charge is -2.22. The summed E-state index contributed by atoms with van der Waals surface area (Å²) in [5, 5.41) is 10.3. The predicted molar refractivity (Wildman–Crippen MR) is 77.4 cm³/mol. The number of ether oxygens (including phenoxy) is 1. The Kier molecular flexibility index (Phi) is 4.40. The molecule has 0 fully saturated rings. The second kappa shape index (κ2) is 6.06. The van der Waals surface area contributed by atoms with E-state index in [1.54, 1.807) is 19.9 Å². The van der Waals surface area contributed by atoms with E-state index in [1.165, 1.54) is 12.1 Å². The van der Waals surface area contributed by atoms with Gasteiger partial charge in [-0.05, 0) is 50.1 Å². The summed E-state index contributed by atoms with van der Waals surface area (Å²) in [4.78, 5) is 0. The number of rotatable bonds is 4. The molecule has 2 unspecified atom stereocenters. The highest BCUT2D eigenvalue weighted by molar-refractivity contribution is 5.33. The van der Waals surface area contributed by atoms with Crippen molar-refractivity contribution >= 4 is 0 Å². The molecule has 2 nitrogen and oxygen atoms in total. The molecule has 106 valence electrons. The summed E-state index contributed by atoms with van der Waals surface area (Å²) in [6, 6.07) is 12.0. The first-order valence-electron chi connectivity index (χ1n) is 6.65. The molecule has 2 rings (SSSR count). The van der Waals surface area contributed by atoms with E-state index in [0.29, 0.717) is 11.3 Å². The van der Waals surface area contributed by atoms with Crippen LogP contribution in [-0.4, -0.2) is 11.2 Å². The first-order valence-corrected chi connectivity index (χ1v) is 6.65. The lowest BCUT2D eigenvalue weighted by molar-refractivity contribution is 0.0463. The molecule has 20 heavy (non-hydrogen) atoms. The van der Waals surface area contributed by atoms with Gasteiger partial charge in [-0.3, -0.25) is 0 Å². The third-order valence-electron chi connectivity index (χ3n) is 3.31. The Labute approximate surface area is 118 Å². The van der Waals surface area contributed by atoms with Crippen molar-refractivity contribution < 1.29 is 14.2 Å². The third-order valence-corrected chi connectivity index (χ3v) is 3.31. The first-order chi connectivity index (χ1) is 9.47. The van der Waals surface area contributed by atoms with E-state index in [9.17, 15) is 9.50 Å². The van der Waals surface area contributed by atoms with Gasteiger partial charge in [-0.2, -0.15) is 0 Å². The van der Waals surface area contributed by atoms with Crippen LogP contribution >= 0.6 is 0 Å². The predicted octanol–water partition coefficient (Wildman–Crippen LogP) is 3.94. The van der Waals surface area contributed by atoms with Crippen molar-refractivity contribution in [2.24, 2.45) is 0 Å². The van der Waals surface area contributed by atoms with Gasteiger partial charge in [-0.25, -0.2) is 4.39 Å². The highest BCUT2D eigenvalue weighted by Crippen LogP contribution is 2.25. The molecule has 2 aromatic carbocycles.